The first-order valence-electron chi connectivity index (χ1n) is 13.5. The Kier molecular flexibility index (Phi) is 20.1. The second-order valence-electron chi connectivity index (χ2n) is 8.63. The number of nitrogens with zero attached hydrogens (tertiary/aromatic N) is 1. The van der Waals surface area contributed by atoms with Crippen LogP contribution in [0.1, 0.15) is 88.5 Å². The van der Waals surface area contributed by atoms with Crippen LogP contribution in [0.2, 0.25) is 0 Å². The predicted octanol–water partition coefficient (Wildman–Crippen LogP) is 6.38. The third-order valence-electron chi connectivity index (χ3n) is 5.65. The van der Waals surface area contributed by atoms with Crippen molar-refractivity contribution in [1.82, 2.24) is 4.57 Å². The molecule has 0 spiro atoms. The van der Waals surface area contributed by atoms with Crippen LogP contribution in [0.4, 0.5) is 4.79 Å². The van der Waals surface area contributed by atoms with Gasteiger partial charge in [-0.15, -0.1) is 11.6 Å². The zero-order valence-corrected chi connectivity index (χ0v) is 23.0. The largest absolute Gasteiger partial charge is 0.508 e. The molecule has 36 heavy (non-hydrogen) atoms. The Morgan fingerprint density at radius 1 is 0.806 bits per heavy atom. The van der Waals surface area contributed by atoms with Crippen LogP contribution in [0.3, 0.4) is 0 Å². The minimum atomic E-state index is -0.826. The van der Waals surface area contributed by atoms with Gasteiger partial charge in [-0.3, -0.25) is 0 Å². The smallest absolute Gasteiger partial charge is 0.457 e. The third kappa shape index (κ3) is 16.8. The van der Waals surface area contributed by atoms with Gasteiger partial charge < -0.3 is 28.3 Å². The Morgan fingerprint density at radius 3 is 2.14 bits per heavy atom. The van der Waals surface area contributed by atoms with Crippen molar-refractivity contribution < 1.29 is 33.3 Å². The number of ether oxygens (including phenoxy) is 5. The number of carbonyl (C=O) groups excluding carboxylic acids is 2. The van der Waals surface area contributed by atoms with E-state index in [0.29, 0.717) is 32.1 Å². The van der Waals surface area contributed by atoms with E-state index in [1.807, 2.05) is 23.8 Å². The van der Waals surface area contributed by atoms with E-state index in [1.165, 1.54) is 44.9 Å². The van der Waals surface area contributed by atoms with Crippen molar-refractivity contribution in [2.45, 2.75) is 90.0 Å². The zero-order chi connectivity index (χ0) is 26.3. The van der Waals surface area contributed by atoms with Gasteiger partial charge in [-0.25, -0.2) is 9.59 Å². The molecular formula is C27H46ClNO7. The summed E-state index contributed by atoms with van der Waals surface area (Å²) in [6.45, 7) is 6.57. The van der Waals surface area contributed by atoms with E-state index in [4.69, 9.17) is 35.3 Å². The molecular weight excluding hydrogens is 486 g/mol. The topological polar surface area (TPSA) is 85.2 Å². The second kappa shape index (κ2) is 22.4. The average molecular weight is 532 g/mol. The number of unbranched alkanes of at least 4 members (excludes halogenated alkanes) is 7. The molecule has 8 nitrogen and oxygen atoms in total. The molecule has 1 unspecified atom stereocenters. The molecule has 0 amide bonds. The molecule has 0 radical (unpaired) electrons. The van der Waals surface area contributed by atoms with Gasteiger partial charge >= 0.3 is 12.1 Å². The lowest BCUT2D eigenvalue weighted by Gasteiger charge is -2.13. The third-order valence-corrected chi connectivity index (χ3v) is 6.09. The summed E-state index contributed by atoms with van der Waals surface area (Å²) >= 11 is 6.51. The molecule has 0 aliphatic carbocycles. The monoisotopic (exact) mass is 531 g/mol. The van der Waals surface area contributed by atoms with E-state index in [-0.39, 0.29) is 31.8 Å². The molecule has 1 heterocycles. The highest BCUT2D eigenvalue weighted by atomic mass is 35.5. The van der Waals surface area contributed by atoms with Gasteiger partial charge in [-0.1, -0.05) is 58.3 Å². The maximum atomic E-state index is 12.4. The summed E-state index contributed by atoms with van der Waals surface area (Å²) in [6.07, 6.45) is 13.1. The fraction of sp³-hybridized carbons (Fsp3) is 0.778. The highest BCUT2D eigenvalue weighted by Gasteiger charge is 2.14. The molecule has 0 saturated carbocycles. The van der Waals surface area contributed by atoms with Crippen LogP contribution < -0.4 is 0 Å². The maximum Gasteiger partial charge on any atom is 0.508 e. The minimum Gasteiger partial charge on any atom is -0.457 e. The zero-order valence-electron chi connectivity index (χ0n) is 22.2. The fourth-order valence-corrected chi connectivity index (χ4v) is 3.89. The van der Waals surface area contributed by atoms with Crippen LogP contribution in [0.15, 0.2) is 18.3 Å². The average Bonchev–Trinajstić information content (AvgIpc) is 3.35. The van der Waals surface area contributed by atoms with Gasteiger partial charge in [0.1, 0.15) is 25.5 Å². The molecule has 1 atom stereocenters. The molecule has 208 valence electrons. The second-order valence-corrected chi connectivity index (χ2v) is 9.25. The van der Waals surface area contributed by atoms with Gasteiger partial charge in [0, 0.05) is 24.7 Å². The van der Waals surface area contributed by atoms with Crippen molar-refractivity contribution in [1.29, 1.82) is 0 Å². The number of aromatic nitrogens is 1. The molecule has 0 N–H and O–H groups in total. The number of rotatable bonds is 23. The van der Waals surface area contributed by atoms with Crippen LogP contribution >= 0.6 is 11.6 Å². The lowest BCUT2D eigenvalue weighted by molar-refractivity contribution is 0.00208. The summed E-state index contributed by atoms with van der Waals surface area (Å²) in [4.78, 5) is 23.9. The standard InChI is InChI=1S/C27H46ClNO7/c1-3-5-6-7-8-9-10-11-13-24(28)15-17-29-16-12-14-25(29)26(30)34-22-23-36-27(31)35-21-20-33-19-18-32-4-2/h12,14,16,24H,3-11,13,15,17-23H2,1-2H3. The molecule has 1 rings (SSSR count). The summed E-state index contributed by atoms with van der Waals surface area (Å²) in [5, 5.41) is 0.0887. The summed E-state index contributed by atoms with van der Waals surface area (Å²) in [5.41, 5.74) is 0.456. The number of halogens is 1. The number of esters is 1. The van der Waals surface area contributed by atoms with Gasteiger partial charge in [0.2, 0.25) is 0 Å². The Hall–Kier alpha value is -1.77. The Labute approximate surface area is 221 Å². The van der Waals surface area contributed by atoms with Gasteiger partial charge in [-0.2, -0.15) is 0 Å². The summed E-state index contributed by atoms with van der Waals surface area (Å²) in [5.74, 6) is -0.464. The number of aryl methyl sites for hydroxylation is 1. The molecule has 1 aromatic heterocycles. The summed E-state index contributed by atoms with van der Waals surface area (Å²) in [7, 11) is 0. The molecule has 0 aliphatic rings. The van der Waals surface area contributed by atoms with Gasteiger partial charge in [0.25, 0.3) is 0 Å². The first-order chi connectivity index (χ1) is 17.6. The van der Waals surface area contributed by atoms with Gasteiger partial charge in [0.15, 0.2) is 0 Å². The molecule has 0 aliphatic heterocycles. The Bertz CT molecular complexity index is 683. The van der Waals surface area contributed by atoms with Crippen molar-refractivity contribution in [3.63, 3.8) is 0 Å². The number of alkyl halides is 1. The fourth-order valence-electron chi connectivity index (χ4n) is 3.64. The first kappa shape index (κ1) is 32.3. The maximum absolute atomic E-state index is 12.4. The van der Waals surface area contributed by atoms with E-state index in [9.17, 15) is 9.59 Å². The van der Waals surface area contributed by atoms with E-state index < -0.39 is 12.1 Å². The van der Waals surface area contributed by atoms with Crippen LogP contribution in [-0.4, -0.2) is 68.3 Å². The molecule has 1 aromatic rings. The minimum absolute atomic E-state index is 0.0550. The lowest BCUT2D eigenvalue weighted by atomic mass is 10.1. The highest BCUT2D eigenvalue weighted by molar-refractivity contribution is 6.20. The molecule has 0 fully saturated rings. The molecule has 0 saturated heterocycles. The van der Waals surface area contributed by atoms with E-state index in [0.717, 1.165) is 19.3 Å². The first-order valence-corrected chi connectivity index (χ1v) is 13.9. The van der Waals surface area contributed by atoms with Crippen LogP contribution in [0.25, 0.3) is 0 Å². The van der Waals surface area contributed by atoms with Crippen LogP contribution in [-0.2, 0) is 30.2 Å². The SMILES string of the molecule is CCCCCCCCCCC(Cl)CCn1cccc1C(=O)OCCOC(=O)OCCOCCOCC. The van der Waals surface area contributed by atoms with E-state index in [2.05, 4.69) is 6.92 Å². The van der Waals surface area contributed by atoms with Crippen LogP contribution in [0, 0.1) is 0 Å². The summed E-state index contributed by atoms with van der Waals surface area (Å²) < 4.78 is 27.2. The van der Waals surface area contributed by atoms with Crippen molar-refractivity contribution in [2.75, 3.05) is 46.2 Å². The normalized spacial score (nSPS) is 11.9. The van der Waals surface area contributed by atoms with E-state index in [1.54, 1.807) is 6.07 Å². The van der Waals surface area contributed by atoms with Crippen molar-refractivity contribution in [2.24, 2.45) is 0 Å². The van der Waals surface area contributed by atoms with Crippen molar-refractivity contribution in [3.8, 4) is 0 Å². The molecule has 0 aromatic carbocycles. The van der Waals surface area contributed by atoms with Gasteiger partial charge in [-0.05, 0) is 31.9 Å². The number of hydrogen-bond acceptors (Lipinski definition) is 7. The predicted molar refractivity (Wildman–Crippen MR) is 141 cm³/mol. The molecule has 9 heteroatoms. The molecule has 0 bridgehead atoms. The van der Waals surface area contributed by atoms with Crippen molar-refractivity contribution in [3.05, 3.63) is 24.0 Å². The number of hydrogen-bond donors (Lipinski definition) is 0. The Balaban J connectivity index is 2.12. The van der Waals surface area contributed by atoms with Crippen molar-refractivity contribution >= 4 is 23.7 Å². The van der Waals surface area contributed by atoms with Crippen LogP contribution in [0.5, 0.6) is 0 Å². The quantitative estimate of drug-likeness (QED) is 0.0919. The summed E-state index contributed by atoms with van der Waals surface area (Å²) in [6, 6.07) is 3.52. The number of carbonyl (C=O) groups is 2. The Morgan fingerprint density at radius 2 is 1.42 bits per heavy atom. The van der Waals surface area contributed by atoms with E-state index >= 15 is 0 Å². The lowest BCUT2D eigenvalue weighted by Crippen LogP contribution is -2.18. The van der Waals surface area contributed by atoms with Gasteiger partial charge in [0.05, 0.1) is 19.8 Å². The highest BCUT2D eigenvalue weighted by Crippen LogP contribution is 2.17.